The lowest BCUT2D eigenvalue weighted by Crippen LogP contribution is -2.19. The Morgan fingerprint density at radius 3 is 3.11 bits per heavy atom. The van der Waals surface area contributed by atoms with Gasteiger partial charge in [0, 0.05) is 0 Å². The molecule has 1 rings (SSSR count). The molecule has 0 spiro atoms. The van der Waals surface area contributed by atoms with E-state index in [2.05, 4.69) is 4.74 Å². The van der Waals surface area contributed by atoms with Crippen molar-refractivity contribution in [2.75, 3.05) is 13.7 Å². The van der Waals surface area contributed by atoms with Gasteiger partial charge in [0.1, 0.15) is 0 Å². The van der Waals surface area contributed by atoms with Crippen LogP contribution in [0.2, 0.25) is 0 Å². The van der Waals surface area contributed by atoms with Gasteiger partial charge >= 0.3 is 5.97 Å². The molecule has 0 aromatic rings. The van der Waals surface area contributed by atoms with Gasteiger partial charge in [0.25, 0.3) is 0 Å². The molecule has 0 unspecified atom stereocenters. The fourth-order valence-corrected chi connectivity index (χ4v) is 0.657. The molecule has 3 nitrogen and oxygen atoms in total. The van der Waals surface area contributed by atoms with Crippen LogP contribution in [0.1, 0.15) is 0 Å². The van der Waals surface area contributed by atoms with Gasteiger partial charge < -0.3 is 9.47 Å². The van der Waals surface area contributed by atoms with E-state index in [4.69, 9.17) is 4.74 Å². The van der Waals surface area contributed by atoms with E-state index in [1.807, 2.05) is 0 Å². The first-order chi connectivity index (χ1) is 4.34. The molecule has 1 heterocycles. The maximum atomic E-state index is 10.6. The Balaban J connectivity index is 2.43. The lowest BCUT2D eigenvalue weighted by molar-refractivity contribution is -0.149. The van der Waals surface area contributed by atoms with E-state index in [9.17, 15) is 4.79 Å². The SMILES string of the molecule is COC(=O)[C@@H]1C=CCO1. The predicted octanol–water partition coefficient (Wildman–Crippen LogP) is 0.114. The van der Waals surface area contributed by atoms with Crippen LogP contribution in [0.5, 0.6) is 0 Å². The van der Waals surface area contributed by atoms with Crippen molar-refractivity contribution in [3.8, 4) is 0 Å². The molecule has 0 aromatic carbocycles. The largest absolute Gasteiger partial charge is 0.467 e. The summed E-state index contributed by atoms with van der Waals surface area (Å²) in [7, 11) is 1.35. The maximum absolute atomic E-state index is 10.6. The van der Waals surface area contributed by atoms with E-state index in [0.717, 1.165) is 0 Å². The maximum Gasteiger partial charge on any atom is 0.339 e. The van der Waals surface area contributed by atoms with E-state index in [1.165, 1.54) is 7.11 Å². The lowest BCUT2D eigenvalue weighted by Gasteiger charge is -2.03. The summed E-state index contributed by atoms with van der Waals surface area (Å²) in [4.78, 5) is 10.6. The van der Waals surface area contributed by atoms with Crippen molar-refractivity contribution in [2.45, 2.75) is 6.10 Å². The highest BCUT2D eigenvalue weighted by Crippen LogP contribution is 2.03. The summed E-state index contributed by atoms with van der Waals surface area (Å²) in [5.41, 5.74) is 0. The summed E-state index contributed by atoms with van der Waals surface area (Å²) in [5.74, 6) is -0.330. The first-order valence-electron chi connectivity index (χ1n) is 2.70. The van der Waals surface area contributed by atoms with Crippen molar-refractivity contribution in [1.82, 2.24) is 0 Å². The van der Waals surface area contributed by atoms with Crippen LogP contribution in [0.25, 0.3) is 0 Å². The number of carbonyl (C=O) groups is 1. The minimum atomic E-state index is -0.463. The van der Waals surface area contributed by atoms with Gasteiger partial charge in [-0.3, -0.25) is 0 Å². The van der Waals surface area contributed by atoms with E-state index in [1.54, 1.807) is 12.2 Å². The molecule has 0 aromatic heterocycles. The second-order valence-electron chi connectivity index (χ2n) is 1.71. The van der Waals surface area contributed by atoms with Crippen LogP contribution in [0.4, 0.5) is 0 Å². The Bertz CT molecular complexity index is 139. The predicted molar refractivity (Wildman–Crippen MR) is 30.9 cm³/mol. The highest BCUT2D eigenvalue weighted by molar-refractivity contribution is 5.77. The molecule has 1 aliphatic heterocycles. The van der Waals surface area contributed by atoms with E-state index >= 15 is 0 Å². The van der Waals surface area contributed by atoms with Gasteiger partial charge in [0.05, 0.1) is 13.7 Å². The van der Waals surface area contributed by atoms with Gasteiger partial charge in [0.15, 0.2) is 6.10 Å². The molecule has 9 heavy (non-hydrogen) atoms. The van der Waals surface area contributed by atoms with Crippen LogP contribution in [0.3, 0.4) is 0 Å². The van der Waals surface area contributed by atoms with E-state index in [-0.39, 0.29) is 5.97 Å². The number of rotatable bonds is 1. The van der Waals surface area contributed by atoms with E-state index < -0.39 is 6.10 Å². The fraction of sp³-hybridized carbons (Fsp3) is 0.500. The van der Waals surface area contributed by atoms with Gasteiger partial charge in [0.2, 0.25) is 0 Å². The standard InChI is InChI=1S/C6H8O3/c1-8-6(7)5-3-2-4-9-5/h2-3,5H,4H2,1H3/t5-/m0/s1. The Morgan fingerprint density at radius 1 is 1.89 bits per heavy atom. The van der Waals surface area contributed by atoms with Crippen LogP contribution >= 0.6 is 0 Å². The first-order valence-corrected chi connectivity index (χ1v) is 2.70. The van der Waals surface area contributed by atoms with Crippen molar-refractivity contribution in [3.63, 3.8) is 0 Å². The summed E-state index contributed by atoms with van der Waals surface area (Å²) in [6.45, 7) is 0.514. The molecular formula is C6H8O3. The highest BCUT2D eigenvalue weighted by atomic mass is 16.6. The molecule has 0 aliphatic carbocycles. The third-order valence-electron chi connectivity index (χ3n) is 1.12. The Kier molecular flexibility index (Phi) is 1.85. The molecule has 50 valence electrons. The molecule has 0 fully saturated rings. The minimum Gasteiger partial charge on any atom is -0.467 e. The van der Waals surface area contributed by atoms with Crippen LogP contribution < -0.4 is 0 Å². The number of hydrogen-bond donors (Lipinski definition) is 0. The second kappa shape index (κ2) is 2.64. The van der Waals surface area contributed by atoms with Gasteiger partial charge in [-0.15, -0.1) is 0 Å². The molecule has 0 amide bonds. The Hall–Kier alpha value is -0.830. The monoisotopic (exact) mass is 128 g/mol. The number of esters is 1. The van der Waals surface area contributed by atoms with Gasteiger partial charge in [-0.25, -0.2) is 4.79 Å². The third-order valence-corrected chi connectivity index (χ3v) is 1.12. The van der Waals surface area contributed by atoms with Crippen molar-refractivity contribution < 1.29 is 14.3 Å². The summed E-state index contributed by atoms with van der Waals surface area (Å²) >= 11 is 0. The molecule has 1 atom stereocenters. The van der Waals surface area contributed by atoms with Crippen molar-refractivity contribution in [3.05, 3.63) is 12.2 Å². The summed E-state index contributed by atoms with van der Waals surface area (Å²) < 4.78 is 9.34. The topological polar surface area (TPSA) is 35.5 Å². The van der Waals surface area contributed by atoms with Crippen LogP contribution in [0, 0.1) is 0 Å². The Labute approximate surface area is 53.3 Å². The summed E-state index contributed by atoms with van der Waals surface area (Å²) in [6, 6.07) is 0. The zero-order valence-corrected chi connectivity index (χ0v) is 5.16. The first kappa shape index (κ1) is 6.29. The molecule has 0 saturated carbocycles. The quantitative estimate of drug-likeness (QED) is 0.371. The van der Waals surface area contributed by atoms with Crippen LogP contribution in [0.15, 0.2) is 12.2 Å². The smallest absolute Gasteiger partial charge is 0.339 e. The highest BCUT2D eigenvalue weighted by Gasteiger charge is 2.18. The Morgan fingerprint density at radius 2 is 2.67 bits per heavy atom. The second-order valence-corrected chi connectivity index (χ2v) is 1.71. The molecule has 0 bridgehead atoms. The number of hydrogen-bond acceptors (Lipinski definition) is 3. The normalized spacial score (nSPS) is 24.3. The molecule has 1 aliphatic rings. The third kappa shape index (κ3) is 1.29. The van der Waals surface area contributed by atoms with Crippen LogP contribution in [-0.4, -0.2) is 25.8 Å². The number of ether oxygens (including phenoxy) is 2. The van der Waals surface area contributed by atoms with Gasteiger partial charge in [-0.05, 0) is 6.08 Å². The van der Waals surface area contributed by atoms with Gasteiger partial charge in [-0.2, -0.15) is 0 Å². The number of carbonyl (C=O) groups excluding carboxylic acids is 1. The zero-order valence-electron chi connectivity index (χ0n) is 5.16. The van der Waals surface area contributed by atoms with E-state index in [0.29, 0.717) is 6.61 Å². The zero-order chi connectivity index (χ0) is 6.69. The molecule has 0 radical (unpaired) electrons. The average molecular weight is 128 g/mol. The minimum absolute atomic E-state index is 0.330. The van der Waals surface area contributed by atoms with Crippen LogP contribution in [-0.2, 0) is 14.3 Å². The molecule has 0 saturated heterocycles. The van der Waals surface area contributed by atoms with Crippen molar-refractivity contribution in [1.29, 1.82) is 0 Å². The van der Waals surface area contributed by atoms with Gasteiger partial charge in [-0.1, -0.05) is 6.08 Å². The van der Waals surface area contributed by atoms with Crippen molar-refractivity contribution in [2.24, 2.45) is 0 Å². The molecule has 0 N–H and O–H groups in total. The van der Waals surface area contributed by atoms with Crippen molar-refractivity contribution >= 4 is 5.97 Å². The molecular weight excluding hydrogens is 120 g/mol. The summed E-state index contributed by atoms with van der Waals surface area (Å²) in [6.07, 6.45) is 3.02. The molecule has 3 heteroatoms. The number of methoxy groups -OCH3 is 1. The fourth-order valence-electron chi connectivity index (χ4n) is 0.657. The average Bonchev–Trinajstić information content (AvgIpc) is 2.37. The lowest BCUT2D eigenvalue weighted by atomic mass is 10.3. The summed E-state index contributed by atoms with van der Waals surface area (Å²) in [5, 5.41) is 0.